The van der Waals surface area contributed by atoms with Crippen molar-refractivity contribution in [1.82, 2.24) is 9.88 Å². The van der Waals surface area contributed by atoms with E-state index in [2.05, 4.69) is 35.6 Å². The second-order valence-corrected chi connectivity index (χ2v) is 6.76. The largest absolute Gasteiger partial charge is 0.378 e. The highest BCUT2D eigenvalue weighted by atomic mass is 16.5. The number of rotatable bonds is 2. The van der Waals surface area contributed by atoms with E-state index in [1.54, 1.807) is 6.20 Å². The Morgan fingerprint density at radius 3 is 2.82 bits per heavy atom. The molecule has 2 saturated heterocycles. The Kier molecular flexibility index (Phi) is 4.12. The topological polar surface area (TPSA) is 45.3 Å². The lowest BCUT2D eigenvalue weighted by atomic mass is 9.68. The van der Waals surface area contributed by atoms with Gasteiger partial charge < -0.3 is 9.72 Å². The van der Waals surface area contributed by atoms with Gasteiger partial charge >= 0.3 is 0 Å². The van der Waals surface area contributed by atoms with Gasteiger partial charge in [0, 0.05) is 29.3 Å². The van der Waals surface area contributed by atoms with Crippen molar-refractivity contribution in [3.63, 3.8) is 0 Å². The van der Waals surface area contributed by atoms with Gasteiger partial charge in [-0.1, -0.05) is 19.8 Å². The first kappa shape index (κ1) is 15.3. The van der Waals surface area contributed by atoms with Crippen LogP contribution < -0.4 is 5.56 Å². The minimum absolute atomic E-state index is 0.0245. The van der Waals surface area contributed by atoms with Crippen molar-refractivity contribution in [2.24, 2.45) is 5.92 Å². The molecule has 2 fully saturated rings. The summed E-state index contributed by atoms with van der Waals surface area (Å²) in [6.07, 6.45) is 2.70. The summed E-state index contributed by atoms with van der Waals surface area (Å²) in [6, 6.07) is 2.55. The first-order chi connectivity index (χ1) is 10.5. The van der Waals surface area contributed by atoms with Crippen LogP contribution in [0.15, 0.2) is 17.1 Å². The van der Waals surface area contributed by atoms with Crippen LogP contribution in [0, 0.1) is 17.8 Å². The molecule has 0 bridgehead atoms. The molecule has 3 rings (SSSR count). The number of nitrogens with zero attached hydrogens (tertiary/aromatic N) is 1. The maximum absolute atomic E-state index is 12.4. The second-order valence-electron chi connectivity index (χ2n) is 6.76. The average molecular weight is 300 g/mol. The van der Waals surface area contributed by atoms with E-state index in [1.807, 2.05) is 13.0 Å². The first-order valence-corrected chi connectivity index (χ1v) is 8.02. The van der Waals surface area contributed by atoms with Crippen molar-refractivity contribution in [2.75, 3.05) is 26.3 Å². The standard InChI is InChI=1S/C18H24N2O2/c1-4-5-14-8-16(17(21)19-9-14)18(3)6-7-20(10-13(18)2)15-11-22-12-15/h8-9,13,15H,6-7,10-12H2,1-3H3,(H,19,21). The summed E-state index contributed by atoms with van der Waals surface area (Å²) in [4.78, 5) is 17.7. The third-order valence-electron chi connectivity index (χ3n) is 5.44. The SMILES string of the molecule is CC#Cc1c[nH]c(=O)c(C2(C)CCN(C3COC3)CC2C)c1. The van der Waals surface area contributed by atoms with Gasteiger partial charge in [0.15, 0.2) is 0 Å². The number of nitrogens with one attached hydrogen (secondary N) is 1. The van der Waals surface area contributed by atoms with Crippen molar-refractivity contribution >= 4 is 0 Å². The molecule has 0 amide bonds. The lowest BCUT2D eigenvalue weighted by Crippen LogP contribution is -2.57. The molecule has 0 saturated carbocycles. The number of hydrogen-bond acceptors (Lipinski definition) is 3. The molecule has 4 nitrogen and oxygen atoms in total. The van der Waals surface area contributed by atoms with E-state index in [9.17, 15) is 4.79 Å². The number of piperidine rings is 1. The van der Waals surface area contributed by atoms with Gasteiger partial charge in [0.05, 0.1) is 19.3 Å². The molecule has 1 N–H and O–H groups in total. The summed E-state index contributed by atoms with van der Waals surface area (Å²) in [5, 5.41) is 0. The van der Waals surface area contributed by atoms with Crippen molar-refractivity contribution in [1.29, 1.82) is 0 Å². The Morgan fingerprint density at radius 2 is 2.23 bits per heavy atom. The normalized spacial score (nSPS) is 29.5. The Balaban J connectivity index is 1.88. The quantitative estimate of drug-likeness (QED) is 0.846. The van der Waals surface area contributed by atoms with Crippen LogP contribution in [-0.2, 0) is 10.2 Å². The summed E-state index contributed by atoms with van der Waals surface area (Å²) in [5.74, 6) is 6.37. The monoisotopic (exact) mass is 300 g/mol. The molecule has 22 heavy (non-hydrogen) atoms. The fraction of sp³-hybridized carbons (Fsp3) is 0.611. The molecule has 1 aromatic heterocycles. The Morgan fingerprint density at radius 1 is 1.45 bits per heavy atom. The zero-order valence-electron chi connectivity index (χ0n) is 13.6. The van der Waals surface area contributed by atoms with Gasteiger partial charge in [0.1, 0.15) is 0 Å². The molecule has 0 spiro atoms. The molecule has 2 aliphatic heterocycles. The van der Waals surface area contributed by atoms with Gasteiger partial charge in [0.25, 0.3) is 5.56 Å². The van der Waals surface area contributed by atoms with Crippen LogP contribution in [0.3, 0.4) is 0 Å². The molecule has 118 valence electrons. The molecule has 0 aliphatic carbocycles. The summed E-state index contributed by atoms with van der Waals surface area (Å²) in [5.41, 5.74) is 1.70. The number of likely N-dealkylation sites (tertiary alicyclic amines) is 1. The number of pyridine rings is 1. The predicted octanol–water partition coefficient (Wildman–Crippen LogP) is 1.74. The third-order valence-corrected chi connectivity index (χ3v) is 5.44. The maximum atomic E-state index is 12.4. The van der Waals surface area contributed by atoms with Crippen molar-refractivity contribution < 1.29 is 4.74 Å². The maximum Gasteiger partial charge on any atom is 0.251 e. The van der Waals surface area contributed by atoms with E-state index in [1.165, 1.54) is 0 Å². The number of aromatic amines is 1. The number of hydrogen-bond donors (Lipinski definition) is 1. The zero-order chi connectivity index (χ0) is 15.7. The molecule has 0 aromatic carbocycles. The second kappa shape index (κ2) is 5.91. The summed E-state index contributed by atoms with van der Waals surface area (Å²) in [6.45, 7) is 10.0. The summed E-state index contributed by atoms with van der Waals surface area (Å²) in [7, 11) is 0. The molecule has 0 radical (unpaired) electrons. The summed E-state index contributed by atoms with van der Waals surface area (Å²) >= 11 is 0. The van der Waals surface area contributed by atoms with Crippen LogP contribution in [0.4, 0.5) is 0 Å². The number of aromatic nitrogens is 1. The van der Waals surface area contributed by atoms with Gasteiger partial charge in [-0.15, -0.1) is 5.92 Å². The van der Waals surface area contributed by atoms with E-state index in [0.29, 0.717) is 12.0 Å². The van der Waals surface area contributed by atoms with Crippen molar-refractivity contribution in [2.45, 2.75) is 38.6 Å². The van der Waals surface area contributed by atoms with Crippen molar-refractivity contribution in [3.05, 3.63) is 33.7 Å². The highest BCUT2D eigenvalue weighted by Gasteiger charge is 2.42. The fourth-order valence-corrected chi connectivity index (χ4v) is 3.56. The van der Waals surface area contributed by atoms with E-state index in [-0.39, 0.29) is 11.0 Å². The van der Waals surface area contributed by atoms with E-state index >= 15 is 0 Å². The molecule has 2 atom stereocenters. The smallest absolute Gasteiger partial charge is 0.251 e. The number of H-pyrrole nitrogens is 1. The lowest BCUT2D eigenvalue weighted by molar-refractivity contribution is -0.0835. The average Bonchev–Trinajstić information content (AvgIpc) is 2.43. The zero-order valence-corrected chi connectivity index (χ0v) is 13.6. The Hall–Kier alpha value is -1.57. The first-order valence-electron chi connectivity index (χ1n) is 8.02. The minimum atomic E-state index is -0.0971. The van der Waals surface area contributed by atoms with Crippen LogP contribution >= 0.6 is 0 Å². The summed E-state index contributed by atoms with van der Waals surface area (Å²) < 4.78 is 5.31. The molecule has 1 aromatic rings. The minimum Gasteiger partial charge on any atom is -0.378 e. The molecule has 4 heteroatoms. The van der Waals surface area contributed by atoms with Gasteiger partial charge in [0.2, 0.25) is 0 Å². The van der Waals surface area contributed by atoms with Crippen LogP contribution in [0.5, 0.6) is 0 Å². The van der Waals surface area contributed by atoms with Crippen LogP contribution in [0.2, 0.25) is 0 Å². The van der Waals surface area contributed by atoms with Gasteiger partial charge in [-0.25, -0.2) is 0 Å². The molecule has 3 heterocycles. The highest BCUT2D eigenvalue weighted by molar-refractivity contribution is 5.37. The fourth-order valence-electron chi connectivity index (χ4n) is 3.56. The Labute approximate surface area is 131 Å². The van der Waals surface area contributed by atoms with Crippen LogP contribution in [-0.4, -0.2) is 42.2 Å². The number of ether oxygens (including phenoxy) is 1. The van der Waals surface area contributed by atoms with Crippen LogP contribution in [0.25, 0.3) is 0 Å². The molecular formula is C18H24N2O2. The molecular weight excluding hydrogens is 276 g/mol. The molecule has 2 unspecified atom stereocenters. The Bertz CT molecular complexity index is 666. The van der Waals surface area contributed by atoms with E-state index < -0.39 is 0 Å². The van der Waals surface area contributed by atoms with Crippen molar-refractivity contribution in [3.8, 4) is 11.8 Å². The van der Waals surface area contributed by atoms with Crippen LogP contribution in [0.1, 0.15) is 38.3 Å². The molecule has 2 aliphatic rings. The van der Waals surface area contributed by atoms with Gasteiger partial charge in [-0.3, -0.25) is 9.69 Å². The van der Waals surface area contributed by atoms with Gasteiger partial charge in [-0.2, -0.15) is 0 Å². The van der Waals surface area contributed by atoms with E-state index in [4.69, 9.17) is 4.74 Å². The lowest BCUT2D eigenvalue weighted by Gasteiger charge is -2.48. The predicted molar refractivity (Wildman–Crippen MR) is 86.9 cm³/mol. The van der Waals surface area contributed by atoms with Gasteiger partial charge in [-0.05, 0) is 31.9 Å². The third kappa shape index (κ3) is 2.60. The van der Waals surface area contributed by atoms with E-state index in [0.717, 1.165) is 43.9 Å². The highest BCUT2D eigenvalue weighted by Crippen LogP contribution is 2.39.